The number of carbonyl (C=O) groups excluding carboxylic acids is 1. The lowest BCUT2D eigenvalue weighted by atomic mass is 10.2. The maximum Gasteiger partial charge on any atom is 0.317 e. The summed E-state index contributed by atoms with van der Waals surface area (Å²) in [5, 5.41) is 22.2. The standard InChI is InChI=1S/C11H10ClN3O3/c12-9-3-8(2-1-7(9)4-13)15-10(16)5-14-6-11(17)18/h1-3,14H,5-6H2,(H,15,16)(H,17,18). The van der Waals surface area contributed by atoms with E-state index in [-0.39, 0.29) is 18.1 Å². The summed E-state index contributed by atoms with van der Waals surface area (Å²) in [6.07, 6.45) is 0. The predicted octanol–water partition coefficient (Wildman–Crippen LogP) is 0.824. The quantitative estimate of drug-likeness (QED) is 0.733. The minimum Gasteiger partial charge on any atom is -0.480 e. The van der Waals surface area contributed by atoms with Crippen LogP contribution in [0, 0.1) is 11.3 Å². The van der Waals surface area contributed by atoms with Crippen molar-refractivity contribution in [2.45, 2.75) is 0 Å². The number of nitrogens with zero attached hydrogens (tertiary/aromatic N) is 1. The van der Waals surface area contributed by atoms with Crippen LogP contribution in [0.25, 0.3) is 0 Å². The third-order valence-electron chi connectivity index (χ3n) is 1.94. The Morgan fingerprint density at radius 1 is 1.39 bits per heavy atom. The third kappa shape index (κ3) is 4.41. The Hall–Kier alpha value is -2.10. The van der Waals surface area contributed by atoms with Crippen molar-refractivity contribution in [3.63, 3.8) is 0 Å². The van der Waals surface area contributed by atoms with E-state index in [0.29, 0.717) is 11.3 Å². The van der Waals surface area contributed by atoms with Crippen molar-refractivity contribution >= 4 is 29.2 Å². The van der Waals surface area contributed by atoms with Crippen molar-refractivity contribution in [1.29, 1.82) is 5.26 Å². The SMILES string of the molecule is N#Cc1ccc(NC(=O)CNCC(=O)O)cc1Cl. The highest BCUT2D eigenvalue weighted by Gasteiger charge is 2.05. The molecule has 18 heavy (non-hydrogen) atoms. The summed E-state index contributed by atoms with van der Waals surface area (Å²) in [6.45, 7) is -0.411. The van der Waals surface area contributed by atoms with Crippen molar-refractivity contribution in [3.8, 4) is 6.07 Å². The number of hydrogen-bond acceptors (Lipinski definition) is 4. The molecule has 1 rings (SSSR count). The molecule has 0 atom stereocenters. The Labute approximate surface area is 108 Å². The zero-order chi connectivity index (χ0) is 13.5. The number of carboxylic acids is 1. The second kappa shape index (κ2) is 6.59. The van der Waals surface area contributed by atoms with Gasteiger partial charge in [0.15, 0.2) is 0 Å². The summed E-state index contributed by atoms with van der Waals surface area (Å²) in [7, 11) is 0. The van der Waals surface area contributed by atoms with Crippen LogP contribution in [0.2, 0.25) is 5.02 Å². The Morgan fingerprint density at radius 2 is 2.11 bits per heavy atom. The lowest BCUT2D eigenvalue weighted by Gasteiger charge is -2.06. The summed E-state index contributed by atoms with van der Waals surface area (Å²) in [4.78, 5) is 21.6. The molecule has 1 amide bonds. The molecule has 0 heterocycles. The smallest absolute Gasteiger partial charge is 0.317 e. The van der Waals surface area contributed by atoms with Crippen LogP contribution in [-0.4, -0.2) is 30.1 Å². The minimum atomic E-state index is -1.04. The van der Waals surface area contributed by atoms with Crippen LogP contribution in [0.15, 0.2) is 18.2 Å². The van der Waals surface area contributed by atoms with E-state index in [4.69, 9.17) is 22.0 Å². The van der Waals surface area contributed by atoms with Gasteiger partial charge in [-0.15, -0.1) is 0 Å². The molecule has 0 spiro atoms. The van der Waals surface area contributed by atoms with E-state index in [0.717, 1.165) is 0 Å². The first kappa shape index (κ1) is 14.0. The molecule has 0 saturated carbocycles. The van der Waals surface area contributed by atoms with E-state index < -0.39 is 11.9 Å². The minimum absolute atomic E-state index is 0.121. The molecule has 0 aliphatic heterocycles. The molecule has 94 valence electrons. The molecule has 0 bridgehead atoms. The topological polar surface area (TPSA) is 102 Å². The van der Waals surface area contributed by atoms with Crippen molar-refractivity contribution in [2.24, 2.45) is 0 Å². The van der Waals surface area contributed by atoms with Crippen LogP contribution in [0.1, 0.15) is 5.56 Å². The van der Waals surface area contributed by atoms with Crippen molar-refractivity contribution in [2.75, 3.05) is 18.4 Å². The largest absolute Gasteiger partial charge is 0.480 e. The molecule has 6 nitrogen and oxygen atoms in total. The molecule has 0 aliphatic carbocycles. The fraction of sp³-hybridized carbons (Fsp3) is 0.182. The Morgan fingerprint density at radius 3 is 2.67 bits per heavy atom. The number of carbonyl (C=O) groups is 2. The van der Waals surface area contributed by atoms with E-state index in [1.165, 1.54) is 12.1 Å². The first-order valence-electron chi connectivity index (χ1n) is 4.95. The molecule has 0 unspecified atom stereocenters. The summed E-state index contributed by atoms with van der Waals surface area (Å²) in [5.41, 5.74) is 0.764. The molecular formula is C11H10ClN3O3. The fourth-order valence-corrected chi connectivity index (χ4v) is 1.39. The molecule has 0 fully saturated rings. The number of carboxylic acid groups (broad SMARTS) is 1. The van der Waals surface area contributed by atoms with Crippen molar-refractivity contribution in [1.82, 2.24) is 5.32 Å². The summed E-state index contributed by atoms with van der Waals surface area (Å²) in [5.74, 6) is -1.43. The van der Waals surface area contributed by atoms with Gasteiger partial charge in [0, 0.05) is 5.69 Å². The average molecular weight is 268 g/mol. The maximum absolute atomic E-state index is 11.4. The number of anilines is 1. The van der Waals surface area contributed by atoms with Gasteiger partial charge in [0.1, 0.15) is 6.07 Å². The first-order valence-corrected chi connectivity index (χ1v) is 5.32. The molecule has 0 aromatic heterocycles. The maximum atomic E-state index is 11.4. The molecule has 1 aromatic carbocycles. The number of nitrogens with one attached hydrogen (secondary N) is 2. The highest BCUT2D eigenvalue weighted by Crippen LogP contribution is 2.19. The van der Waals surface area contributed by atoms with Gasteiger partial charge < -0.3 is 10.4 Å². The van der Waals surface area contributed by atoms with E-state index in [9.17, 15) is 9.59 Å². The number of rotatable bonds is 5. The fourth-order valence-electron chi connectivity index (χ4n) is 1.17. The predicted molar refractivity (Wildman–Crippen MR) is 65.3 cm³/mol. The highest BCUT2D eigenvalue weighted by molar-refractivity contribution is 6.32. The van der Waals surface area contributed by atoms with Gasteiger partial charge in [0.25, 0.3) is 0 Å². The van der Waals surface area contributed by atoms with Gasteiger partial charge in [0.2, 0.25) is 5.91 Å². The lowest BCUT2D eigenvalue weighted by molar-refractivity contribution is -0.135. The monoisotopic (exact) mass is 267 g/mol. The second-order valence-corrected chi connectivity index (χ2v) is 3.76. The van der Waals surface area contributed by atoms with Gasteiger partial charge in [-0.2, -0.15) is 5.26 Å². The molecule has 7 heteroatoms. The van der Waals surface area contributed by atoms with Gasteiger partial charge in [0.05, 0.1) is 23.7 Å². The molecule has 1 aromatic rings. The van der Waals surface area contributed by atoms with Gasteiger partial charge in [-0.1, -0.05) is 11.6 Å². The Kier molecular flexibility index (Phi) is 5.11. The van der Waals surface area contributed by atoms with Crippen molar-refractivity contribution in [3.05, 3.63) is 28.8 Å². The van der Waals surface area contributed by atoms with Gasteiger partial charge in [-0.05, 0) is 18.2 Å². The molecule has 0 aliphatic rings. The first-order chi connectivity index (χ1) is 8.52. The van der Waals surface area contributed by atoms with E-state index in [1.54, 1.807) is 6.07 Å². The van der Waals surface area contributed by atoms with E-state index in [2.05, 4.69) is 10.6 Å². The summed E-state index contributed by atoms with van der Waals surface area (Å²) >= 11 is 5.79. The van der Waals surface area contributed by atoms with Gasteiger partial charge in [-0.3, -0.25) is 14.9 Å². The van der Waals surface area contributed by atoms with Gasteiger partial charge in [-0.25, -0.2) is 0 Å². The van der Waals surface area contributed by atoms with Crippen LogP contribution in [-0.2, 0) is 9.59 Å². The van der Waals surface area contributed by atoms with Gasteiger partial charge >= 0.3 is 5.97 Å². The second-order valence-electron chi connectivity index (χ2n) is 3.35. The van der Waals surface area contributed by atoms with E-state index in [1.807, 2.05) is 6.07 Å². The zero-order valence-corrected chi connectivity index (χ0v) is 9.99. The highest BCUT2D eigenvalue weighted by atomic mass is 35.5. The Balaban J connectivity index is 2.52. The van der Waals surface area contributed by atoms with Crippen LogP contribution >= 0.6 is 11.6 Å². The zero-order valence-electron chi connectivity index (χ0n) is 9.24. The summed E-state index contributed by atoms with van der Waals surface area (Å²) < 4.78 is 0. The van der Waals surface area contributed by atoms with Crippen molar-refractivity contribution < 1.29 is 14.7 Å². The van der Waals surface area contributed by atoms with Crippen LogP contribution in [0.5, 0.6) is 0 Å². The molecule has 0 radical (unpaired) electrons. The van der Waals surface area contributed by atoms with E-state index >= 15 is 0 Å². The van der Waals surface area contributed by atoms with Crippen LogP contribution in [0.3, 0.4) is 0 Å². The normalized spacial score (nSPS) is 9.56. The number of amides is 1. The molecule has 3 N–H and O–H groups in total. The van der Waals surface area contributed by atoms with Crippen LogP contribution < -0.4 is 10.6 Å². The lowest BCUT2D eigenvalue weighted by Crippen LogP contribution is -2.31. The van der Waals surface area contributed by atoms with Crippen LogP contribution in [0.4, 0.5) is 5.69 Å². The number of benzene rings is 1. The number of halogens is 1. The number of hydrogen-bond donors (Lipinski definition) is 3. The number of nitriles is 1. The third-order valence-corrected chi connectivity index (χ3v) is 2.25. The molecule has 0 saturated heterocycles. The average Bonchev–Trinajstić information content (AvgIpc) is 2.28. The number of aliphatic carboxylic acids is 1. The molecular weight excluding hydrogens is 258 g/mol. The summed E-state index contributed by atoms with van der Waals surface area (Å²) in [6, 6.07) is 6.38. The Bertz CT molecular complexity index is 511.